The molecule has 0 N–H and O–H groups in total. The van der Waals surface area contributed by atoms with Gasteiger partial charge in [0, 0.05) is 0 Å². The van der Waals surface area contributed by atoms with Gasteiger partial charge in [-0.3, -0.25) is 0 Å². The molecule has 1 aliphatic rings. The maximum atomic E-state index is 6.25. The van der Waals surface area contributed by atoms with E-state index in [4.69, 9.17) is 11.8 Å². The van der Waals surface area contributed by atoms with Gasteiger partial charge in [-0.05, 0) is 25.7 Å². The van der Waals surface area contributed by atoms with Crippen LogP contribution in [0.4, 0.5) is 0 Å². The first-order valence-corrected chi connectivity index (χ1v) is 4.83. The van der Waals surface area contributed by atoms with Crippen LogP contribution in [0.5, 0.6) is 0 Å². The maximum absolute atomic E-state index is 6.25. The second kappa shape index (κ2) is 6.02. The molecule has 12 heavy (non-hydrogen) atoms. The SMILES string of the molecule is CCC[N+]1(C)CCCCC1.[C-]#N. The Morgan fingerprint density at radius 3 is 2.08 bits per heavy atom. The van der Waals surface area contributed by atoms with Crippen LogP contribution in [0, 0.1) is 11.8 Å². The Hall–Kier alpha value is -0.550. The molecule has 1 aliphatic heterocycles. The lowest BCUT2D eigenvalue weighted by atomic mass is 10.1. The molecule has 70 valence electrons. The van der Waals surface area contributed by atoms with Crippen molar-refractivity contribution in [1.82, 2.24) is 0 Å². The minimum atomic E-state index is 1.34. The first kappa shape index (κ1) is 11.4. The first-order chi connectivity index (χ1) is 5.77. The van der Waals surface area contributed by atoms with Crippen molar-refractivity contribution in [2.24, 2.45) is 0 Å². The second-order valence-electron chi connectivity index (χ2n) is 3.85. The van der Waals surface area contributed by atoms with Crippen LogP contribution < -0.4 is 0 Å². The van der Waals surface area contributed by atoms with Crippen molar-refractivity contribution in [2.45, 2.75) is 32.6 Å². The Labute approximate surface area is 76.4 Å². The molecule has 0 aromatic carbocycles. The average molecular weight is 168 g/mol. The molecular weight excluding hydrogens is 148 g/mol. The number of likely N-dealkylation sites (tertiary alicyclic amines) is 1. The first-order valence-electron chi connectivity index (χ1n) is 4.83. The summed E-state index contributed by atoms with van der Waals surface area (Å²) in [5, 5.41) is 6.25. The fourth-order valence-electron chi connectivity index (χ4n) is 2.04. The normalized spacial score (nSPS) is 20.7. The number of rotatable bonds is 2. The van der Waals surface area contributed by atoms with Gasteiger partial charge in [-0.2, -0.15) is 0 Å². The smallest absolute Gasteiger partial charge is 0.0784 e. The van der Waals surface area contributed by atoms with E-state index in [0.29, 0.717) is 0 Å². The fourth-order valence-corrected chi connectivity index (χ4v) is 2.04. The third-order valence-electron chi connectivity index (χ3n) is 2.66. The summed E-state index contributed by atoms with van der Waals surface area (Å²) in [5.41, 5.74) is 0. The Morgan fingerprint density at radius 2 is 1.67 bits per heavy atom. The van der Waals surface area contributed by atoms with E-state index in [1.54, 1.807) is 0 Å². The molecule has 1 rings (SSSR count). The van der Waals surface area contributed by atoms with E-state index in [2.05, 4.69) is 14.0 Å². The van der Waals surface area contributed by atoms with E-state index >= 15 is 0 Å². The predicted molar refractivity (Wildman–Crippen MR) is 49.9 cm³/mol. The highest BCUT2D eigenvalue weighted by molar-refractivity contribution is 4.50. The summed E-state index contributed by atoms with van der Waals surface area (Å²) >= 11 is 0. The molecule has 0 bridgehead atoms. The Balaban J connectivity index is 0.000000561. The van der Waals surface area contributed by atoms with Crippen molar-refractivity contribution >= 4 is 0 Å². The van der Waals surface area contributed by atoms with Crippen LogP contribution in [-0.4, -0.2) is 31.2 Å². The van der Waals surface area contributed by atoms with E-state index in [1.165, 1.54) is 49.8 Å². The van der Waals surface area contributed by atoms with Crippen LogP contribution in [0.3, 0.4) is 0 Å². The molecule has 0 atom stereocenters. The van der Waals surface area contributed by atoms with Crippen LogP contribution in [0.2, 0.25) is 0 Å². The molecule has 0 saturated carbocycles. The molecule has 0 spiro atoms. The number of nitrogens with zero attached hydrogens (tertiary/aromatic N) is 2. The molecule has 0 aliphatic carbocycles. The Morgan fingerprint density at radius 1 is 1.17 bits per heavy atom. The van der Waals surface area contributed by atoms with Crippen molar-refractivity contribution in [3.05, 3.63) is 6.57 Å². The molecule has 1 fully saturated rings. The molecule has 1 saturated heterocycles. The Kier molecular flexibility index (Phi) is 5.74. The largest absolute Gasteiger partial charge is 0.512 e. The number of quaternary nitrogens is 1. The summed E-state index contributed by atoms with van der Waals surface area (Å²) in [4.78, 5) is 0. The number of hydrogen-bond acceptors (Lipinski definition) is 1. The maximum Gasteiger partial charge on any atom is 0.0784 e. The lowest BCUT2D eigenvalue weighted by Gasteiger charge is -2.37. The fraction of sp³-hybridized carbons (Fsp3) is 0.900. The molecule has 0 amide bonds. The standard InChI is InChI=1S/C9H20N.CN/c1-3-7-10(2)8-5-4-6-9-10;1-2/h3-9H2,1-2H3;/q+1;-1. The number of hydrogen-bond donors (Lipinski definition) is 0. The van der Waals surface area contributed by atoms with E-state index in [9.17, 15) is 0 Å². The summed E-state index contributed by atoms with van der Waals surface area (Å²) in [7, 11) is 2.41. The number of piperidine rings is 1. The summed E-state index contributed by atoms with van der Waals surface area (Å²) in [5.74, 6) is 0. The van der Waals surface area contributed by atoms with Crippen LogP contribution in [-0.2, 0) is 0 Å². The van der Waals surface area contributed by atoms with Gasteiger partial charge in [0.05, 0.1) is 26.7 Å². The van der Waals surface area contributed by atoms with E-state index < -0.39 is 0 Å². The van der Waals surface area contributed by atoms with Gasteiger partial charge in [-0.15, -0.1) is 0 Å². The zero-order chi connectivity index (χ0) is 9.45. The molecular formula is C10H20N2. The minimum Gasteiger partial charge on any atom is -0.512 e. The van der Waals surface area contributed by atoms with Crippen LogP contribution >= 0.6 is 0 Å². The van der Waals surface area contributed by atoms with Gasteiger partial charge in [0.15, 0.2) is 0 Å². The molecule has 2 heteroatoms. The highest BCUT2D eigenvalue weighted by atomic mass is 15.3. The summed E-state index contributed by atoms with van der Waals surface area (Å²) in [6.07, 6.45) is 5.72. The van der Waals surface area contributed by atoms with Gasteiger partial charge in [0.25, 0.3) is 0 Å². The third kappa shape index (κ3) is 3.73. The minimum absolute atomic E-state index is 1.34. The summed E-state index contributed by atoms with van der Waals surface area (Å²) < 4.78 is 1.34. The molecule has 0 aromatic heterocycles. The van der Waals surface area contributed by atoms with Gasteiger partial charge in [-0.25, -0.2) is 0 Å². The monoisotopic (exact) mass is 168 g/mol. The lowest BCUT2D eigenvalue weighted by Crippen LogP contribution is -2.48. The van der Waals surface area contributed by atoms with Crippen LogP contribution in [0.1, 0.15) is 32.6 Å². The molecule has 0 aromatic rings. The van der Waals surface area contributed by atoms with Crippen molar-refractivity contribution in [1.29, 1.82) is 5.26 Å². The van der Waals surface area contributed by atoms with E-state index in [1.807, 2.05) is 0 Å². The summed E-state index contributed by atoms with van der Waals surface area (Å²) in [6, 6.07) is 0. The molecule has 0 radical (unpaired) electrons. The zero-order valence-electron chi connectivity index (χ0n) is 8.34. The van der Waals surface area contributed by atoms with Gasteiger partial charge in [0.2, 0.25) is 0 Å². The van der Waals surface area contributed by atoms with Crippen LogP contribution in [0.15, 0.2) is 0 Å². The highest BCUT2D eigenvalue weighted by Crippen LogP contribution is 2.15. The quantitative estimate of drug-likeness (QED) is 0.457. The lowest BCUT2D eigenvalue weighted by molar-refractivity contribution is -0.914. The van der Waals surface area contributed by atoms with Crippen molar-refractivity contribution in [2.75, 3.05) is 26.7 Å². The Bertz CT molecular complexity index is 118. The summed E-state index contributed by atoms with van der Waals surface area (Å²) in [6.45, 7) is 11.3. The van der Waals surface area contributed by atoms with Gasteiger partial charge < -0.3 is 16.3 Å². The van der Waals surface area contributed by atoms with Crippen molar-refractivity contribution in [3.63, 3.8) is 0 Å². The third-order valence-corrected chi connectivity index (χ3v) is 2.66. The predicted octanol–water partition coefficient (Wildman–Crippen LogP) is 2.12. The second-order valence-corrected chi connectivity index (χ2v) is 3.85. The van der Waals surface area contributed by atoms with Gasteiger partial charge in [-0.1, -0.05) is 6.92 Å². The molecule has 2 nitrogen and oxygen atoms in total. The highest BCUT2D eigenvalue weighted by Gasteiger charge is 2.22. The van der Waals surface area contributed by atoms with Crippen molar-refractivity contribution < 1.29 is 4.48 Å². The van der Waals surface area contributed by atoms with E-state index in [0.717, 1.165) is 0 Å². The van der Waals surface area contributed by atoms with Gasteiger partial charge >= 0.3 is 0 Å². The zero-order valence-corrected chi connectivity index (χ0v) is 8.34. The molecule has 0 unspecified atom stereocenters. The topological polar surface area (TPSA) is 23.8 Å². The van der Waals surface area contributed by atoms with Crippen molar-refractivity contribution in [3.8, 4) is 0 Å². The van der Waals surface area contributed by atoms with E-state index in [-0.39, 0.29) is 0 Å². The van der Waals surface area contributed by atoms with Gasteiger partial charge in [0.1, 0.15) is 0 Å². The van der Waals surface area contributed by atoms with Crippen LogP contribution in [0.25, 0.3) is 0 Å². The average Bonchev–Trinajstić information content (AvgIpc) is 2.09. The molecule has 1 heterocycles.